The lowest BCUT2D eigenvalue weighted by Crippen LogP contribution is -2.17. The van der Waals surface area contributed by atoms with Crippen molar-refractivity contribution in [2.75, 3.05) is 34.0 Å². The molecule has 1 aliphatic rings. The van der Waals surface area contributed by atoms with E-state index in [-0.39, 0.29) is 0 Å². The maximum absolute atomic E-state index is 5.94. The summed E-state index contributed by atoms with van der Waals surface area (Å²) in [5.41, 5.74) is 4.38. The first kappa shape index (κ1) is 19.1. The number of hydrogen-bond donors (Lipinski definition) is 0. The number of nitrogens with zero attached hydrogens (tertiary/aromatic N) is 1. The highest BCUT2D eigenvalue weighted by Gasteiger charge is 2.23. The Morgan fingerprint density at radius 2 is 1.70 bits per heavy atom. The molecule has 0 amide bonds. The molecule has 0 atom stereocenters. The predicted octanol–water partition coefficient (Wildman–Crippen LogP) is 4.09. The fraction of sp³-hybridized carbons (Fsp3) is 0.409. The largest absolute Gasteiger partial charge is 0.493 e. The van der Waals surface area contributed by atoms with Crippen LogP contribution in [0.25, 0.3) is 0 Å². The average Bonchev–Trinajstić information content (AvgIpc) is 2.70. The molecule has 0 radical (unpaired) electrons. The molecule has 0 N–H and O–H groups in total. The highest BCUT2D eigenvalue weighted by atomic mass is 16.5. The molecule has 0 bridgehead atoms. The van der Waals surface area contributed by atoms with Gasteiger partial charge >= 0.3 is 0 Å². The topological polar surface area (TPSA) is 49.3 Å². The van der Waals surface area contributed by atoms with E-state index < -0.39 is 0 Å². The second-order valence-electron chi connectivity index (χ2n) is 6.19. The van der Waals surface area contributed by atoms with Crippen molar-refractivity contribution >= 4 is 5.71 Å². The Hall–Kier alpha value is -2.69. The standard InChI is InChI=1S/C22H27NO4/c1-5-26-20-11-10-16-17(22(20)27-6-2)12-13-23-18(16)14-15-8-7-9-19(24-3)21(15)25-4/h7-11H,5-6,12-14H2,1-4H3. The first-order valence-electron chi connectivity index (χ1n) is 9.38. The third kappa shape index (κ3) is 3.87. The molecule has 27 heavy (non-hydrogen) atoms. The van der Waals surface area contributed by atoms with Crippen LogP contribution in [0.15, 0.2) is 35.3 Å². The van der Waals surface area contributed by atoms with Crippen LogP contribution in [0, 0.1) is 0 Å². The van der Waals surface area contributed by atoms with Gasteiger partial charge in [-0.25, -0.2) is 0 Å². The maximum atomic E-state index is 5.94. The van der Waals surface area contributed by atoms with E-state index in [9.17, 15) is 0 Å². The van der Waals surface area contributed by atoms with Gasteiger partial charge in [-0.2, -0.15) is 0 Å². The van der Waals surface area contributed by atoms with Gasteiger partial charge in [0.25, 0.3) is 0 Å². The normalized spacial score (nSPS) is 12.8. The SMILES string of the molecule is CCOc1ccc2c(c1OCC)CCN=C2Cc1cccc(OC)c1OC. The number of methoxy groups -OCH3 is 2. The van der Waals surface area contributed by atoms with Crippen molar-refractivity contribution in [3.8, 4) is 23.0 Å². The van der Waals surface area contributed by atoms with Crippen LogP contribution >= 0.6 is 0 Å². The number of benzene rings is 2. The summed E-state index contributed by atoms with van der Waals surface area (Å²) >= 11 is 0. The van der Waals surface area contributed by atoms with Crippen molar-refractivity contribution in [1.82, 2.24) is 0 Å². The molecule has 2 aromatic rings. The van der Waals surface area contributed by atoms with Gasteiger partial charge in [0.15, 0.2) is 23.0 Å². The molecule has 1 aliphatic heterocycles. The van der Waals surface area contributed by atoms with Crippen LogP contribution < -0.4 is 18.9 Å². The number of ether oxygens (including phenoxy) is 4. The molecule has 0 aliphatic carbocycles. The summed E-state index contributed by atoms with van der Waals surface area (Å²) in [6, 6.07) is 10.0. The minimum absolute atomic E-state index is 0.604. The number of hydrogen-bond acceptors (Lipinski definition) is 5. The van der Waals surface area contributed by atoms with Crippen molar-refractivity contribution in [2.24, 2.45) is 4.99 Å². The van der Waals surface area contributed by atoms with E-state index in [4.69, 9.17) is 23.9 Å². The van der Waals surface area contributed by atoms with Crippen molar-refractivity contribution in [1.29, 1.82) is 0 Å². The van der Waals surface area contributed by atoms with Gasteiger partial charge in [0.05, 0.1) is 27.4 Å². The number of aliphatic imine (C=N–C) groups is 1. The zero-order valence-corrected chi connectivity index (χ0v) is 16.5. The Morgan fingerprint density at radius 3 is 2.41 bits per heavy atom. The lowest BCUT2D eigenvalue weighted by atomic mass is 9.92. The van der Waals surface area contributed by atoms with Crippen LogP contribution in [0.5, 0.6) is 23.0 Å². The third-order valence-electron chi connectivity index (χ3n) is 4.63. The predicted molar refractivity (Wildman–Crippen MR) is 107 cm³/mol. The molecule has 1 heterocycles. The molecular formula is C22H27NO4. The molecule has 0 aromatic heterocycles. The lowest BCUT2D eigenvalue weighted by molar-refractivity contribution is 0.285. The van der Waals surface area contributed by atoms with Crippen molar-refractivity contribution in [2.45, 2.75) is 26.7 Å². The zero-order chi connectivity index (χ0) is 19.2. The van der Waals surface area contributed by atoms with E-state index in [1.807, 2.05) is 32.0 Å². The Labute approximate surface area is 160 Å². The van der Waals surface area contributed by atoms with Gasteiger partial charge in [0.1, 0.15) is 0 Å². The van der Waals surface area contributed by atoms with Gasteiger partial charge in [-0.15, -0.1) is 0 Å². The molecule has 5 nitrogen and oxygen atoms in total. The van der Waals surface area contributed by atoms with Gasteiger partial charge in [-0.3, -0.25) is 4.99 Å². The Balaban J connectivity index is 1.99. The Kier molecular flexibility index (Phi) is 6.22. The van der Waals surface area contributed by atoms with Crippen molar-refractivity contribution < 1.29 is 18.9 Å². The van der Waals surface area contributed by atoms with Crippen LogP contribution in [0.1, 0.15) is 30.5 Å². The smallest absolute Gasteiger partial charge is 0.165 e. The highest BCUT2D eigenvalue weighted by Crippen LogP contribution is 2.38. The lowest BCUT2D eigenvalue weighted by Gasteiger charge is -2.23. The summed E-state index contributed by atoms with van der Waals surface area (Å²) in [7, 11) is 3.32. The van der Waals surface area contributed by atoms with Gasteiger partial charge < -0.3 is 18.9 Å². The molecule has 3 rings (SSSR count). The monoisotopic (exact) mass is 369 g/mol. The summed E-state index contributed by atoms with van der Waals surface area (Å²) in [6.07, 6.45) is 1.53. The fourth-order valence-electron chi connectivity index (χ4n) is 3.51. The first-order chi connectivity index (χ1) is 13.2. The van der Waals surface area contributed by atoms with Crippen LogP contribution in [-0.4, -0.2) is 39.7 Å². The number of para-hydroxylation sites is 1. The molecule has 0 saturated heterocycles. The molecule has 5 heteroatoms. The summed E-state index contributed by atoms with van der Waals surface area (Å²) in [5, 5.41) is 0. The molecule has 2 aromatic carbocycles. The summed E-state index contributed by atoms with van der Waals surface area (Å²) in [4.78, 5) is 4.80. The molecule has 0 saturated carbocycles. The van der Waals surface area contributed by atoms with E-state index in [1.54, 1.807) is 14.2 Å². The molecule has 144 valence electrons. The third-order valence-corrected chi connectivity index (χ3v) is 4.63. The van der Waals surface area contributed by atoms with E-state index in [1.165, 1.54) is 5.56 Å². The molecule has 0 unspecified atom stereocenters. The quantitative estimate of drug-likeness (QED) is 0.703. The molecule has 0 spiro atoms. The molecule has 0 fully saturated rings. The average molecular weight is 369 g/mol. The van der Waals surface area contributed by atoms with E-state index in [0.717, 1.165) is 52.8 Å². The van der Waals surface area contributed by atoms with Gasteiger partial charge in [-0.05, 0) is 38.5 Å². The van der Waals surface area contributed by atoms with E-state index in [0.29, 0.717) is 19.6 Å². The fourth-order valence-corrected chi connectivity index (χ4v) is 3.51. The number of fused-ring (bicyclic) bond motifs is 1. The summed E-state index contributed by atoms with van der Waals surface area (Å²) < 4.78 is 22.7. The van der Waals surface area contributed by atoms with E-state index in [2.05, 4.69) is 12.1 Å². The first-order valence-corrected chi connectivity index (χ1v) is 9.38. The summed E-state index contributed by atoms with van der Waals surface area (Å²) in [6.45, 7) is 5.93. The van der Waals surface area contributed by atoms with Crippen molar-refractivity contribution in [3.63, 3.8) is 0 Å². The van der Waals surface area contributed by atoms with Gasteiger partial charge in [0.2, 0.25) is 0 Å². The highest BCUT2D eigenvalue weighted by molar-refractivity contribution is 6.05. The van der Waals surface area contributed by atoms with Crippen molar-refractivity contribution in [3.05, 3.63) is 47.0 Å². The minimum atomic E-state index is 0.604. The zero-order valence-electron chi connectivity index (χ0n) is 16.5. The Bertz CT molecular complexity index is 829. The van der Waals surface area contributed by atoms with E-state index >= 15 is 0 Å². The Morgan fingerprint density at radius 1 is 0.889 bits per heavy atom. The minimum Gasteiger partial charge on any atom is -0.493 e. The van der Waals surface area contributed by atoms with Crippen LogP contribution in [-0.2, 0) is 12.8 Å². The maximum Gasteiger partial charge on any atom is 0.165 e. The van der Waals surface area contributed by atoms with Crippen LogP contribution in [0.2, 0.25) is 0 Å². The van der Waals surface area contributed by atoms with Gasteiger partial charge in [-0.1, -0.05) is 12.1 Å². The second-order valence-corrected chi connectivity index (χ2v) is 6.19. The van der Waals surface area contributed by atoms with Gasteiger partial charge in [0, 0.05) is 35.4 Å². The van der Waals surface area contributed by atoms with Crippen LogP contribution in [0.3, 0.4) is 0 Å². The second kappa shape index (κ2) is 8.80. The number of rotatable bonds is 8. The van der Waals surface area contributed by atoms with Crippen LogP contribution in [0.4, 0.5) is 0 Å². The summed E-state index contributed by atoms with van der Waals surface area (Å²) in [5.74, 6) is 3.14. The molecular weight excluding hydrogens is 342 g/mol.